The average Bonchev–Trinajstić information content (AvgIpc) is 3.06. The van der Waals surface area contributed by atoms with Gasteiger partial charge in [-0.25, -0.2) is 13.1 Å². The van der Waals surface area contributed by atoms with Gasteiger partial charge in [0.25, 0.3) is 5.91 Å². The van der Waals surface area contributed by atoms with Crippen molar-refractivity contribution in [1.82, 2.24) is 10.0 Å². The van der Waals surface area contributed by atoms with Gasteiger partial charge in [-0.3, -0.25) is 9.59 Å². The van der Waals surface area contributed by atoms with Crippen molar-refractivity contribution in [3.63, 3.8) is 0 Å². The minimum Gasteiger partial charge on any atom is -0.490 e. The topological polar surface area (TPSA) is 105 Å². The molecule has 8 nitrogen and oxygen atoms in total. The Kier molecular flexibility index (Phi) is 7.47. The molecule has 2 bridgehead atoms. The van der Waals surface area contributed by atoms with Crippen molar-refractivity contribution in [1.29, 1.82) is 0 Å². The number of anilines is 1. The maximum atomic E-state index is 13.3. The Morgan fingerprint density at radius 2 is 1.88 bits per heavy atom. The third kappa shape index (κ3) is 5.43. The predicted octanol–water partition coefficient (Wildman–Crippen LogP) is 4.44. The summed E-state index contributed by atoms with van der Waals surface area (Å²) in [6.07, 6.45) is 5.17. The summed E-state index contributed by atoms with van der Waals surface area (Å²) in [7, 11) is -4.00. The van der Waals surface area contributed by atoms with Gasteiger partial charge in [-0.1, -0.05) is 24.6 Å². The Labute approximate surface area is 247 Å². The fourth-order valence-corrected chi connectivity index (χ4v) is 8.51. The Bertz CT molecular complexity index is 1480. The van der Waals surface area contributed by atoms with Crippen molar-refractivity contribution in [2.45, 2.75) is 63.0 Å². The third-order valence-corrected chi connectivity index (χ3v) is 12.1. The molecule has 10 heteroatoms. The van der Waals surface area contributed by atoms with Crippen LogP contribution in [0.5, 0.6) is 5.75 Å². The lowest BCUT2D eigenvalue weighted by molar-refractivity contribution is -0.122. The molecule has 0 aromatic heterocycles. The van der Waals surface area contributed by atoms with Crippen LogP contribution in [0.25, 0.3) is 0 Å². The van der Waals surface area contributed by atoms with Gasteiger partial charge in [0.1, 0.15) is 5.75 Å². The molecule has 1 unspecified atom stereocenters. The van der Waals surface area contributed by atoms with Crippen LogP contribution < -0.4 is 19.7 Å². The highest BCUT2D eigenvalue weighted by Crippen LogP contribution is 2.46. The number of hydrogen-bond donors (Lipinski definition) is 2. The van der Waals surface area contributed by atoms with Crippen LogP contribution in [0.2, 0.25) is 5.02 Å². The number of carbonyl (C=O) groups is 2. The summed E-state index contributed by atoms with van der Waals surface area (Å²) < 4.78 is 35.0. The molecule has 2 aliphatic heterocycles. The van der Waals surface area contributed by atoms with E-state index in [2.05, 4.69) is 27.1 Å². The molecule has 2 N–H and O–H groups in total. The Morgan fingerprint density at radius 1 is 1.07 bits per heavy atom. The van der Waals surface area contributed by atoms with E-state index < -0.39 is 27.1 Å². The van der Waals surface area contributed by atoms with Gasteiger partial charge in [-0.05, 0) is 98.2 Å². The maximum Gasteiger partial charge on any atom is 0.264 e. The van der Waals surface area contributed by atoms with Gasteiger partial charge in [-0.15, -0.1) is 0 Å². The predicted molar refractivity (Wildman–Crippen MR) is 159 cm³/mol. The molecule has 2 amide bonds. The number of fused-ring (bicyclic) bond motifs is 4. The summed E-state index contributed by atoms with van der Waals surface area (Å²) in [6.45, 7) is 5.83. The molecule has 0 saturated heterocycles. The van der Waals surface area contributed by atoms with Crippen LogP contribution in [-0.2, 0) is 26.7 Å². The molecular formula is C31H38ClN3O5S. The number of hydrogen-bond acceptors (Lipinski definition) is 6. The van der Waals surface area contributed by atoms with Crippen LogP contribution >= 0.6 is 11.6 Å². The summed E-state index contributed by atoms with van der Waals surface area (Å²) in [5, 5.41) is 2.88. The molecule has 6 rings (SSSR count). The zero-order valence-corrected chi connectivity index (χ0v) is 25.2. The van der Waals surface area contributed by atoms with Crippen molar-refractivity contribution in [3.05, 3.63) is 58.1 Å². The standard InChI is InChI=1S/C31H38ClN3O5S/c1-19-12-29(36)33-15-23-5-6-24(23)16-35-17-31(11-3-4-21-13-25(32)8-9-26(21)31)18-40-28-10-7-22(14-27(28)35)30(37)34-41(38,39)20(19)2/h7-10,13-14,19-20,23-24H,3-6,11-12,15-18H2,1-2H3,(H,33,36)(H,34,37)/t19?,20-,23-,24-,31-/m0/s1. The Hall–Kier alpha value is -2.78. The zero-order chi connectivity index (χ0) is 28.9. The number of nitrogens with one attached hydrogen (secondary N) is 2. The first-order chi connectivity index (χ1) is 19.5. The number of sulfonamides is 1. The summed E-state index contributed by atoms with van der Waals surface area (Å²) in [5.74, 6) is 0.127. The average molecular weight is 600 g/mol. The van der Waals surface area contributed by atoms with Crippen LogP contribution in [-0.4, -0.2) is 51.7 Å². The van der Waals surface area contributed by atoms with Crippen LogP contribution in [0.4, 0.5) is 5.69 Å². The second kappa shape index (κ2) is 10.8. The number of halogens is 1. The Balaban J connectivity index is 1.40. The van der Waals surface area contributed by atoms with E-state index in [9.17, 15) is 18.0 Å². The van der Waals surface area contributed by atoms with Gasteiger partial charge >= 0.3 is 0 Å². The van der Waals surface area contributed by atoms with E-state index in [-0.39, 0.29) is 23.3 Å². The smallest absolute Gasteiger partial charge is 0.264 e. The summed E-state index contributed by atoms with van der Waals surface area (Å²) in [4.78, 5) is 28.4. The van der Waals surface area contributed by atoms with Crippen LogP contribution in [0.15, 0.2) is 36.4 Å². The lowest BCUT2D eigenvalue weighted by Gasteiger charge is -2.44. The quantitative estimate of drug-likeness (QED) is 0.464. The van der Waals surface area contributed by atoms with E-state index in [1.807, 2.05) is 6.07 Å². The molecule has 1 spiro atoms. The molecule has 0 radical (unpaired) electrons. The van der Waals surface area contributed by atoms with E-state index in [1.165, 1.54) is 11.1 Å². The normalized spacial score (nSPS) is 31.4. The van der Waals surface area contributed by atoms with Gasteiger partial charge in [0.15, 0.2) is 0 Å². The first-order valence-corrected chi connectivity index (χ1v) is 16.6. The van der Waals surface area contributed by atoms with Crippen molar-refractivity contribution >= 4 is 39.1 Å². The van der Waals surface area contributed by atoms with E-state index in [4.69, 9.17) is 16.3 Å². The molecule has 2 aromatic carbocycles. The van der Waals surface area contributed by atoms with Gasteiger partial charge < -0.3 is 15.0 Å². The number of ether oxygens (including phenoxy) is 1. The number of aryl methyl sites for hydroxylation is 1. The largest absolute Gasteiger partial charge is 0.490 e. The highest BCUT2D eigenvalue weighted by Gasteiger charge is 2.43. The van der Waals surface area contributed by atoms with Crippen molar-refractivity contribution in [3.8, 4) is 5.75 Å². The molecule has 220 valence electrons. The minimum absolute atomic E-state index is 0.0852. The molecule has 1 saturated carbocycles. The SMILES string of the molecule is CC1CC(=O)NC[C@@H]2CC[C@H]2CN2C[C@@]3(CCCc4cc(Cl)ccc43)COc3ccc(cc32)C(=O)NS(=O)(=O)[C@H]1C. The lowest BCUT2D eigenvalue weighted by Crippen LogP contribution is -2.49. The lowest BCUT2D eigenvalue weighted by atomic mass is 9.69. The monoisotopic (exact) mass is 599 g/mol. The van der Waals surface area contributed by atoms with Gasteiger partial charge in [0, 0.05) is 42.1 Å². The first-order valence-electron chi connectivity index (χ1n) is 14.7. The van der Waals surface area contributed by atoms with Crippen molar-refractivity contribution < 1.29 is 22.7 Å². The summed E-state index contributed by atoms with van der Waals surface area (Å²) >= 11 is 6.37. The number of nitrogens with zero attached hydrogens (tertiary/aromatic N) is 1. The van der Waals surface area contributed by atoms with E-state index in [1.54, 1.807) is 32.0 Å². The fourth-order valence-electron chi connectivity index (χ4n) is 7.05. The molecule has 41 heavy (non-hydrogen) atoms. The minimum atomic E-state index is -4.00. The third-order valence-electron chi connectivity index (χ3n) is 9.92. The number of carbonyl (C=O) groups excluding carboxylic acids is 2. The van der Waals surface area contributed by atoms with Gasteiger partial charge in [-0.2, -0.15) is 0 Å². The zero-order valence-electron chi connectivity index (χ0n) is 23.6. The molecule has 4 aliphatic rings. The van der Waals surface area contributed by atoms with Crippen LogP contribution in [0.3, 0.4) is 0 Å². The fraction of sp³-hybridized carbons (Fsp3) is 0.548. The summed E-state index contributed by atoms with van der Waals surface area (Å²) in [6, 6.07) is 11.4. The summed E-state index contributed by atoms with van der Waals surface area (Å²) in [5.41, 5.74) is 3.34. The number of amides is 2. The maximum absolute atomic E-state index is 13.3. The Morgan fingerprint density at radius 3 is 2.66 bits per heavy atom. The van der Waals surface area contributed by atoms with Crippen LogP contribution in [0.1, 0.15) is 67.4 Å². The number of rotatable bonds is 0. The molecular weight excluding hydrogens is 562 g/mol. The van der Waals surface area contributed by atoms with Crippen molar-refractivity contribution in [2.24, 2.45) is 17.8 Å². The van der Waals surface area contributed by atoms with Gasteiger partial charge in [0.05, 0.1) is 17.5 Å². The molecule has 2 heterocycles. The van der Waals surface area contributed by atoms with Gasteiger partial charge in [0.2, 0.25) is 15.9 Å². The molecule has 5 atom stereocenters. The van der Waals surface area contributed by atoms with E-state index in [0.29, 0.717) is 37.3 Å². The van der Waals surface area contributed by atoms with E-state index >= 15 is 0 Å². The van der Waals surface area contributed by atoms with Crippen molar-refractivity contribution in [2.75, 3.05) is 31.1 Å². The highest BCUT2D eigenvalue weighted by atomic mass is 35.5. The molecule has 2 aliphatic carbocycles. The first kappa shape index (κ1) is 28.3. The number of benzene rings is 2. The second-order valence-electron chi connectivity index (χ2n) is 12.6. The highest BCUT2D eigenvalue weighted by molar-refractivity contribution is 7.90. The molecule has 2 aromatic rings. The second-order valence-corrected chi connectivity index (χ2v) is 15.0. The van der Waals surface area contributed by atoms with E-state index in [0.717, 1.165) is 49.4 Å². The van der Waals surface area contributed by atoms with Crippen LogP contribution in [0, 0.1) is 17.8 Å². The molecule has 1 fully saturated rings.